The minimum Gasteiger partial charge on any atom is -0.348 e. The lowest BCUT2D eigenvalue weighted by Gasteiger charge is -2.31. The van der Waals surface area contributed by atoms with Gasteiger partial charge >= 0.3 is 0 Å². The molecule has 2 heterocycles. The van der Waals surface area contributed by atoms with Crippen molar-refractivity contribution in [3.8, 4) is 11.3 Å². The monoisotopic (exact) mass is 504 g/mol. The lowest BCUT2D eigenvalue weighted by molar-refractivity contribution is 0.529. The Kier molecular flexibility index (Phi) is 6.28. The molecule has 158 valence electrons. The first kappa shape index (κ1) is 21.8. The predicted molar refractivity (Wildman–Crippen MR) is 121 cm³/mol. The van der Waals surface area contributed by atoms with E-state index in [0.29, 0.717) is 47.2 Å². The normalized spacial score (nSPS) is 15.5. The van der Waals surface area contributed by atoms with Crippen molar-refractivity contribution in [2.24, 2.45) is 0 Å². The highest BCUT2D eigenvalue weighted by Gasteiger charge is 2.32. The molecule has 0 aliphatic carbocycles. The van der Waals surface area contributed by atoms with Gasteiger partial charge in [-0.1, -0.05) is 40.9 Å². The second kappa shape index (κ2) is 8.63. The molecule has 4 nitrogen and oxygen atoms in total. The molecule has 3 aromatic rings. The van der Waals surface area contributed by atoms with Crippen molar-refractivity contribution < 1.29 is 12.8 Å². The Bertz CT molecular complexity index is 1170. The predicted octanol–water partition coefficient (Wildman–Crippen LogP) is 6.35. The number of nitrogens with zero attached hydrogens (tertiary/aromatic N) is 2. The lowest BCUT2D eigenvalue weighted by atomic mass is 10.1. The maximum absolute atomic E-state index is 13.7. The van der Waals surface area contributed by atoms with Gasteiger partial charge < -0.3 is 4.90 Å². The van der Waals surface area contributed by atoms with Gasteiger partial charge in [0.2, 0.25) is 0 Å². The number of piperidine rings is 1. The lowest BCUT2D eigenvalue weighted by Crippen LogP contribution is -2.39. The van der Waals surface area contributed by atoms with Crippen LogP contribution in [0.4, 0.5) is 9.52 Å². The molecule has 0 atom stereocenters. The van der Waals surface area contributed by atoms with Gasteiger partial charge in [-0.15, -0.1) is 11.3 Å². The Morgan fingerprint density at radius 2 is 1.70 bits per heavy atom. The number of rotatable bonds is 4. The SMILES string of the molecule is O=S(=O)(c1cc(Cl)cc(Cl)c1)C1CCN(c2nc(-c3ccc(Cl)c(F)c3)cs2)CC1. The highest BCUT2D eigenvalue weighted by molar-refractivity contribution is 7.92. The quantitative estimate of drug-likeness (QED) is 0.414. The second-order valence-corrected chi connectivity index (χ2v) is 11.3. The van der Waals surface area contributed by atoms with Crippen LogP contribution in [-0.4, -0.2) is 31.7 Å². The fourth-order valence-corrected chi connectivity index (χ4v) is 6.90. The van der Waals surface area contributed by atoms with E-state index in [0.717, 1.165) is 5.13 Å². The Morgan fingerprint density at radius 3 is 2.33 bits per heavy atom. The Balaban J connectivity index is 1.47. The average Bonchev–Trinajstić information content (AvgIpc) is 3.20. The van der Waals surface area contributed by atoms with E-state index in [-0.39, 0.29) is 9.92 Å². The molecule has 30 heavy (non-hydrogen) atoms. The summed E-state index contributed by atoms with van der Waals surface area (Å²) in [4.78, 5) is 6.80. The summed E-state index contributed by atoms with van der Waals surface area (Å²) in [6.45, 7) is 1.11. The summed E-state index contributed by atoms with van der Waals surface area (Å²) in [6, 6.07) is 8.97. The average molecular weight is 506 g/mol. The van der Waals surface area contributed by atoms with Crippen molar-refractivity contribution >= 4 is 61.1 Å². The van der Waals surface area contributed by atoms with Crippen LogP contribution in [0.5, 0.6) is 0 Å². The van der Waals surface area contributed by atoms with Gasteiger partial charge in [-0.2, -0.15) is 0 Å². The molecule has 0 unspecified atom stereocenters. The summed E-state index contributed by atoms with van der Waals surface area (Å²) in [6.07, 6.45) is 0.938. The molecular formula is C20H16Cl3FN2O2S2. The van der Waals surface area contributed by atoms with E-state index in [1.165, 1.54) is 41.7 Å². The first-order valence-electron chi connectivity index (χ1n) is 9.10. The third-order valence-corrected chi connectivity index (χ3v) is 8.91. The van der Waals surface area contributed by atoms with Crippen molar-refractivity contribution in [1.29, 1.82) is 0 Å². The van der Waals surface area contributed by atoms with Gasteiger partial charge in [0.05, 0.1) is 20.9 Å². The molecular weight excluding hydrogens is 490 g/mol. The number of halogens is 4. The van der Waals surface area contributed by atoms with E-state index in [1.807, 2.05) is 5.38 Å². The maximum Gasteiger partial charge on any atom is 0.185 e. The summed E-state index contributed by atoms with van der Waals surface area (Å²) >= 11 is 19.1. The van der Waals surface area contributed by atoms with Crippen molar-refractivity contribution in [3.05, 3.63) is 62.7 Å². The van der Waals surface area contributed by atoms with Gasteiger partial charge in [0, 0.05) is 34.1 Å². The van der Waals surface area contributed by atoms with Crippen LogP contribution in [0, 0.1) is 5.82 Å². The van der Waals surface area contributed by atoms with Gasteiger partial charge in [0.15, 0.2) is 15.0 Å². The zero-order chi connectivity index (χ0) is 21.5. The smallest absolute Gasteiger partial charge is 0.185 e. The highest BCUT2D eigenvalue weighted by Crippen LogP contribution is 2.33. The highest BCUT2D eigenvalue weighted by atomic mass is 35.5. The van der Waals surface area contributed by atoms with Crippen molar-refractivity contribution in [2.75, 3.05) is 18.0 Å². The van der Waals surface area contributed by atoms with Gasteiger partial charge in [0.1, 0.15) is 5.82 Å². The molecule has 1 aliphatic rings. The van der Waals surface area contributed by atoms with Crippen LogP contribution in [0.3, 0.4) is 0 Å². The molecule has 0 N–H and O–H groups in total. The standard InChI is InChI=1S/C20H16Cl3FN2O2S2/c21-13-8-14(22)10-16(9-13)30(27,28)15-3-5-26(6-4-15)20-25-19(11-29-20)12-1-2-17(23)18(24)7-12/h1-2,7-11,15H,3-6H2. The summed E-state index contributed by atoms with van der Waals surface area (Å²) in [7, 11) is -3.53. The molecule has 2 aromatic carbocycles. The Hall–Kier alpha value is -1.38. The summed E-state index contributed by atoms with van der Waals surface area (Å²) < 4.78 is 39.7. The van der Waals surface area contributed by atoms with Crippen molar-refractivity contribution in [2.45, 2.75) is 23.0 Å². The molecule has 0 radical (unpaired) electrons. The zero-order valence-electron chi connectivity index (χ0n) is 15.5. The van der Waals surface area contributed by atoms with Gasteiger partial charge in [-0.3, -0.25) is 0 Å². The van der Waals surface area contributed by atoms with E-state index in [2.05, 4.69) is 9.88 Å². The first-order chi connectivity index (χ1) is 14.2. The van der Waals surface area contributed by atoms with Gasteiger partial charge in [-0.25, -0.2) is 17.8 Å². The maximum atomic E-state index is 13.7. The van der Waals surface area contributed by atoms with Crippen LogP contribution in [-0.2, 0) is 9.84 Å². The van der Waals surface area contributed by atoms with E-state index >= 15 is 0 Å². The molecule has 1 fully saturated rings. The minimum atomic E-state index is -3.53. The molecule has 0 saturated carbocycles. The number of benzene rings is 2. The van der Waals surface area contributed by atoms with Gasteiger partial charge in [0.25, 0.3) is 0 Å². The largest absolute Gasteiger partial charge is 0.348 e. The van der Waals surface area contributed by atoms with Crippen molar-refractivity contribution in [1.82, 2.24) is 4.98 Å². The number of aromatic nitrogens is 1. The van der Waals surface area contributed by atoms with E-state index < -0.39 is 20.9 Å². The Morgan fingerprint density at radius 1 is 1.03 bits per heavy atom. The zero-order valence-corrected chi connectivity index (χ0v) is 19.4. The molecule has 1 saturated heterocycles. The summed E-state index contributed by atoms with van der Waals surface area (Å²) in [5, 5.41) is 2.79. The van der Waals surface area contributed by atoms with Crippen LogP contribution < -0.4 is 4.90 Å². The molecule has 4 rings (SSSR count). The number of hydrogen-bond acceptors (Lipinski definition) is 5. The fraction of sp³-hybridized carbons (Fsp3) is 0.250. The number of sulfone groups is 1. The molecule has 0 amide bonds. The third-order valence-electron chi connectivity index (χ3n) is 5.02. The number of thiazole rings is 1. The molecule has 1 aromatic heterocycles. The number of hydrogen-bond donors (Lipinski definition) is 0. The molecule has 10 heteroatoms. The van der Waals surface area contributed by atoms with E-state index in [9.17, 15) is 12.8 Å². The van der Waals surface area contributed by atoms with Crippen LogP contribution in [0.2, 0.25) is 15.1 Å². The van der Waals surface area contributed by atoms with Gasteiger partial charge in [-0.05, 0) is 43.2 Å². The minimum absolute atomic E-state index is 0.0680. The second-order valence-electron chi connectivity index (χ2n) is 6.98. The van der Waals surface area contributed by atoms with Crippen LogP contribution in [0.1, 0.15) is 12.8 Å². The molecule has 1 aliphatic heterocycles. The third kappa shape index (κ3) is 4.46. The van der Waals surface area contributed by atoms with E-state index in [4.69, 9.17) is 34.8 Å². The Labute approximate surface area is 193 Å². The summed E-state index contributed by atoms with van der Waals surface area (Å²) in [5.41, 5.74) is 1.31. The van der Waals surface area contributed by atoms with Crippen LogP contribution in [0.15, 0.2) is 46.7 Å². The van der Waals surface area contributed by atoms with E-state index in [1.54, 1.807) is 6.07 Å². The first-order valence-corrected chi connectivity index (χ1v) is 12.7. The van der Waals surface area contributed by atoms with Crippen LogP contribution in [0.25, 0.3) is 11.3 Å². The molecule has 0 bridgehead atoms. The van der Waals surface area contributed by atoms with Crippen LogP contribution >= 0.6 is 46.1 Å². The fourth-order valence-electron chi connectivity index (χ4n) is 3.44. The number of anilines is 1. The topological polar surface area (TPSA) is 50.3 Å². The molecule has 0 spiro atoms. The van der Waals surface area contributed by atoms with Crippen molar-refractivity contribution in [3.63, 3.8) is 0 Å². The summed E-state index contributed by atoms with van der Waals surface area (Å²) in [5.74, 6) is -0.490.